The Bertz CT molecular complexity index is 478. The lowest BCUT2D eigenvalue weighted by Gasteiger charge is -2.03. The van der Waals surface area contributed by atoms with Crippen molar-refractivity contribution in [2.45, 2.75) is 13.5 Å². The molecular formula is C9H10BrN5S. The number of nitrogens with two attached hydrogens (primary N) is 1. The number of aromatic nitrogens is 3. The fraction of sp³-hybridized carbons (Fsp3) is 0.222. The Balaban J connectivity index is 2.04. The quantitative estimate of drug-likeness (QED) is 0.850. The van der Waals surface area contributed by atoms with Gasteiger partial charge in [0.25, 0.3) is 0 Å². The van der Waals surface area contributed by atoms with Gasteiger partial charge in [0.05, 0.1) is 11.6 Å². The highest BCUT2D eigenvalue weighted by Crippen LogP contribution is 2.15. The number of nitrogens with one attached hydrogen (secondary N) is 1. The van der Waals surface area contributed by atoms with Gasteiger partial charge in [0.1, 0.15) is 10.4 Å². The van der Waals surface area contributed by atoms with E-state index in [4.69, 9.17) is 5.73 Å². The van der Waals surface area contributed by atoms with E-state index in [-0.39, 0.29) is 0 Å². The highest BCUT2D eigenvalue weighted by molar-refractivity contribution is 9.10. The van der Waals surface area contributed by atoms with E-state index in [2.05, 4.69) is 36.2 Å². The van der Waals surface area contributed by atoms with Crippen LogP contribution < -0.4 is 11.1 Å². The summed E-state index contributed by atoms with van der Waals surface area (Å²) in [5, 5.41) is 4.14. The first-order chi connectivity index (χ1) is 7.63. The number of nitrogens with zero attached hydrogens (tertiary/aromatic N) is 3. The summed E-state index contributed by atoms with van der Waals surface area (Å²) < 4.78 is 0.669. The number of anilines is 2. The van der Waals surface area contributed by atoms with E-state index in [0.717, 1.165) is 9.88 Å². The molecular weight excluding hydrogens is 290 g/mol. The van der Waals surface area contributed by atoms with Crippen molar-refractivity contribution in [3.63, 3.8) is 0 Å². The number of thiazole rings is 1. The van der Waals surface area contributed by atoms with Gasteiger partial charge in [0, 0.05) is 17.1 Å². The number of rotatable bonds is 3. The van der Waals surface area contributed by atoms with Crippen LogP contribution in [0.3, 0.4) is 0 Å². The molecule has 16 heavy (non-hydrogen) atoms. The maximum Gasteiger partial charge on any atom is 0.226 e. The monoisotopic (exact) mass is 299 g/mol. The SMILES string of the molecule is Cc1ncc(CNc2nc(N)cc(Br)n2)s1. The van der Waals surface area contributed by atoms with Crippen molar-refractivity contribution in [1.82, 2.24) is 15.0 Å². The molecule has 2 aromatic rings. The second-order valence-electron chi connectivity index (χ2n) is 3.14. The molecule has 0 saturated carbocycles. The van der Waals surface area contributed by atoms with Gasteiger partial charge in [0.15, 0.2) is 0 Å². The molecule has 0 unspecified atom stereocenters. The molecule has 7 heteroatoms. The van der Waals surface area contributed by atoms with Gasteiger partial charge in [-0.15, -0.1) is 11.3 Å². The van der Waals surface area contributed by atoms with Gasteiger partial charge in [-0.3, -0.25) is 0 Å². The summed E-state index contributed by atoms with van der Waals surface area (Å²) in [6.45, 7) is 2.63. The highest BCUT2D eigenvalue weighted by atomic mass is 79.9. The first-order valence-electron chi connectivity index (χ1n) is 4.59. The Labute approximate surface area is 105 Å². The van der Waals surface area contributed by atoms with Crippen molar-refractivity contribution in [2.75, 3.05) is 11.1 Å². The molecule has 3 N–H and O–H groups in total. The first kappa shape index (κ1) is 11.3. The molecule has 5 nitrogen and oxygen atoms in total. The van der Waals surface area contributed by atoms with Crippen LogP contribution in [0.15, 0.2) is 16.9 Å². The third-order valence-electron chi connectivity index (χ3n) is 1.80. The van der Waals surface area contributed by atoms with Crippen LogP contribution in [0, 0.1) is 6.92 Å². The molecule has 84 valence electrons. The average Bonchev–Trinajstić information content (AvgIpc) is 2.60. The van der Waals surface area contributed by atoms with Crippen LogP contribution >= 0.6 is 27.3 Å². The second-order valence-corrected chi connectivity index (χ2v) is 5.27. The van der Waals surface area contributed by atoms with Gasteiger partial charge in [-0.05, 0) is 22.9 Å². The topological polar surface area (TPSA) is 76.7 Å². The Kier molecular flexibility index (Phi) is 3.35. The molecule has 0 atom stereocenters. The van der Waals surface area contributed by atoms with Crippen molar-refractivity contribution in [1.29, 1.82) is 0 Å². The number of aryl methyl sites for hydroxylation is 1. The number of hydrogen-bond donors (Lipinski definition) is 2. The van der Waals surface area contributed by atoms with Crippen LogP contribution in [0.4, 0.5) is 11.8 Å². The molecule has 0 bridgehead atoms. The molecule has 0 aliphatic heterocycles. The van der Waals surface area contributed by atoms with Crippen molar-refractivity contribution < 1.29 is 0 Å². The molecule has 0 aliphatic carbocycles. The lowest BCUT2D eigenvalue weighted by atomic mass is 10.5. The first-order valence-corrected chi connectivity index (χ1v) is 6.19. The lowest BCUT2D eigenvalue weighted by molar-refractivity contribution is 1.06. The van der Waals surface area contributed by atoms with Crippen LogP contribution in [0.1, 0.15) is 9.88 Å². The zero-order valence-electron chi connectivity index (χ0n) is 8.57. The molecule has 0 amide bonds. The van der Waals surface area contributed by atoms with Gasteiger partial charge < -0.3 is 11.1 Å². The van der Waals surface area contributed by atoms with E-state index in [1.54, 1.807) is 17.4 Å². The van der Waals surface area contributed by atoms with E-state index >= 15 is 0 Å². The fourth-order valence-corrected chi connectivity index (χ4v) is 2.30. The lowest BCUT2D eigenvalue weighted by Crippen LogP contribution is -2.04. The molecule has 0 spiro atoms. The number of nitrogen functional groups attached to an aromatic ring is 1. The average molecular weight is 300 g/mol. The van der Waals surface area contributed by atoms with Crippen molar-refractivity contribution in [2.24, 2.45) is 0 Å². The van der Waals surface area contributed by atoms with E-state index in [1.807, 2.05) is 13.1 Å². The van der Waals surface area contributed by atoms with Gasteiger partial charge in [0.2, 0.25) is 5.95 Å². The predicted molar refractivity (Wildman–Crippen MR) is 68.3 cm³/mol. The van der Waals surface area contributed by atoms with Gasteiger partial charge in [-0.2, -0.15) is 4.98 Å². The Morgan fingerprint density at radius 2 is 2.31 bits per heavy atom. The normalized spacial score (nSPS) is 10.4. The van der Waals surface area contributed by atoms with E-state index in [9.17, 15) is 0 Å². The van der Waals surface area contributed by atoms with Crippen LogP contribution in [0.2, 0.25) is 0 Å². The minimum Gasteiger partial charge on any atom is -0.383 e. The third-order valence-corrected chi connectivity index (χ3v) is 3.12. The zero-order chi connectivity index (χ0) is 11.5. The zero-order valence-corrected chi connectivity index (χ0v) is 11.0. The molecule has 0 fully saturated rings. The van der Waals surface area contributed by atoms with Crippen LogP contribution in [0.25, 0.3) is 0 Å². The van der Waals surface area contributed by atoms with E-state index in [0.29, 0.717) is 22.9 Å². The summed E-state index contributed by atoms with van der Waals surface area (Å²) in [4.78, 5) is 13.5. The van der Waals surface area contributed by atoms with Gasteiger partial charge in [-0.1, -0.05) is 0 Å². The number of halogens is 1. The second kappa shape index (κ2) is 4.75. The van der Waals surface area contributed by atoms with Crippen molar-refractivity contribution >= 4 is 39.0 Å². The molecule has 0 aromatic carbocycles. The summed E-state index contributed by atoms with van der Waals surface area (Å²) in [6, 6.07) is 1.65. The maximum absolute atomic E-state index is 5.60. The van der Waals surface area contributed by atoms with E-state index < -0.39 is 0 Å². The molecule has 0 radical (unpaired) electrons. The Morgan fingerprint density at radius 1 is 1.50 bits per heavy atom. The summed E-state index contributed by atoms with van der Waals surface area (Å²) in [6.07, 6.45) is 1.84. The molecule has 0 saturated heterocycles. The van der Waals surface area contributed by atoms with Crippen molar-refractivity contribution in [3.8, 4) is 0 Å². The van der Waals surface area contributed by atoms with Crippen molar-refractivity contribution in [3.05, 3.63) is 26.8 Å². The predicted octanol–water partition coefficient (Wildman–Crippen LogP) is 2.20. The highest BCUT2D eigenvalue weighted by Gasteiger charge is 2.02. The van der Waals surface area contributed by atoms with Crippen LogP contribution in [-0.2, 0) is 6.54 Å². The van der Waals surface area contributed by atoms with Crippen LogP contribution in [-0.4, -0.2) is 15.0 Å². The number of hydrogen-bond acceptors (Lipinski definition) is 6. The third kappa shape index (κ3) is 2.89. The fourth-order valence-electron chi connectivity index (χ4n) is 1.17. The minimum absolute atomic E-state index is 0.435. The smallest absolute Gasteiger partial charge is 0.226 e. The summed E-state index contributed by atoms with van der Waals surface area (Å²) in [5.41, 5.74) is 5.60. The Hall–Kier alpha value is -1.21. The summed E-state index contributed by atoms with van der Waals surface area (Å²) >= 11 is 4.91. The summed E-state index contributed by atoms with van der Waals surface area (Å²) in [5.74, 6) is 0.947. The van der Waals surface area contributed by atoms with E-state index in [1.165, 1.54) is 0 Å². The summed E-state index contributed by atoms with van der Waals surface area (Å²) in [7, 11) is 0. The Morgan fingerprint density at radius 3 is 2.94 bits per heavy atom. The minimum atomic E-state index is 0.435. The van der Waals surface area contributed by atoms with Gasteiger partial charge in [-0.25, -0.2) is 9.97 Å². The molecule has 0 aliphatic rings. The molecule has 2 rings (SSSR count). The largest absolute Gasteiger partial charge is 0.383 e. The van der Waals surface area contributed by atoms with Crippen LogP contribution in [0.5, 0.6) is 0 Å². The maximum atomic E-state index is 5.60. The standard InChI is InChI=1S/C9H10BrN5S/c1-5-12-3-6(16-5)4-13-9-14-7(10)2-8(11)15-9/h2-3H,4H2,1H3,(H3,11,13,14,15). The molecule has 2 heterocycles. The molecule has 2 aromatic heterocycles. The van der Waals surface area contributed by atoms with Gasteiger partial charge >= 0.3 is 0 Å².